The molecule has 0 aromatic heterocycles. The molecular formula is C12H12ClNO2. The van der Waals surface area contributed by atoms with E-state index in [0.717, 1.165) is 12.8 Å². The van der Waals surface area contributed by atoms with E-state index in [4.69, 9.17) is 22.1 Å². The summed E-state index contributed by atoms with van der Waals surface area (Å²) in [6, 6.07) is 4.86. The molecule has 16 heavy (non-hydrogen) atoms. The molecule has 0 atom stereocenters. The van der Waals surface area contributed by atoms with E-state index in [0.29, 0.717) is 28.5 Å². The molecule has 0 spiro atoms. The number of rotatable bonds is 2. The molecule has 1 aromatic carbocycles. The second-order valence-corrected chi connectivity index (χ2v) is 4.16. The molecule has 0 saturated carbocycles. The number of carbonyl (C=O) groups is 1. The third kappa shape index (κ3) is 2.36. The highest BCUT2D eigenvalue weighted by Gasteiger charge is 2.16. The molecule has 0 radical (unpaired) electrons. The quantitative estimate of drug-likeness (QED) is 0.636. The standard InChI is InChI=1S/C12H12ClNO2/c13-10-4-9(5-11(14)6-10)12(15)8-2-1-3-16-7-8/h4-7H,1-3,14H2. The van der Waals surface area contributed by atoms with E-state index in [2.05, 4.69) is 0 Å². The first-order valence-electron chi connectivity index (χ1n) is 5.08. The van der Waals surface area contributed by atoms with Crippen molar-refractivity contribution in [2.45, 2.75) is 12.8 Å². The van der Waals surface area contributed by atoms with Crippen LogP contribution in [-0.2, 0) is 4.74 Å². The highest BCUT2D eigenvalue weighted by atomic mass is 35.5. The molecule has 1 aromatic rings. The lowest BCUT2D eigenvalue weighted by Gasteiger charge is -2.12. The molecule has 0 amide bonds. The molecule has 84 valence electrons. The first-order valence-corrected chi connectivity index (χ1v) is 5.46. The molecule has 0 bridgehead atoms. The smallest absolute Gasteiger partial charge is 0.192 e. The number of Topliss-reactive ketones (excluding diaryl/α,β-unsaturated/α-hetero) is 1. The van der Waals surface area contributed by atoms with Gasteiger partial charge in [0.05, 0.1) is 12.9 Å². The minimum atomic E-state index is -0.0612. The van der Waals surface area contributed by atoms with E-state index < -0.39 is 0 Å². The van der Waals surface area contributed by atoms with Gasteiger partial charge in [-0.2, -0.15) is 0 Å². The summed E-state index contributed by atoms with van der Waals surface area (Å²) in [5.41, 5.74) is 7.32. The predicted octanol–water partition coefficient (Wildman–Crippen LogP) is 2.80. The fourth-order valence-corrected chi connectivity index (χ4v) is 1.90. The number of carbonyl (C=O) groups excluding carboxylic acids is 1. The number of halogens is 1. The Morgan fingerprint density at radius 2 is 2.19 bits per heavy atom. The minimum absolute atomic E-state index is 0.0612. The molecule has 2 rings (SSSR count). The van der Waals surface area contributed by atoms with Crippen LogP contribution in [-0.4, -0.2) is 12.4 Å². The number of nitrogen functional groups attached to an aromatic ring is 1. The minimum Gasteiger partial charge on any atom is -0.501 e. The van der Waals surface area contributed by atoms with Crippen LogP contribution in [0.3, 0.4) is 0 Å². The van der Waals surface area contributed by atoms with Crippen LogP contribution in [0.4, 0.5) is 5.69 Å². The summed E-state index contributed by atoms with van der Waals surface area (Å²) in [6.45, 7) is 0.675. The maximum absolute atomic E-state index is 12.0. The summed E-state index contributed by atoms with van der Waals surface area (Å²) in [6.07, 6.45) is 3.14. The van der Waals surface area contributed by atoms with Gasteiger partial charge in [0.1, 0.15) is 0 Å². The molecule has 1 heterocycles. The molecule has 2 N–H and O–H groups in total. The molecule has 4 heteroatoms. The number of anilines is 1. The van der Waals surface area contributed by atoms with Gasteiger partial charge < -0.3 is 10.5 Å². The predicted molar refractivity (Wildman–Crippen MR) is 63.5 cm³/mol. The summed E-state index contributed by atoms with van der Waals surface area (Å²) < 4.78 is 5.14. The lowest BCUT2D eigenvalue weighted by atomic mass is 9.99. The van der Waals surface area contributed by atoms with Gasteiger partial charge in [-0.05, 0) is 31.0 Å². The van der Waals surface area contributed by atoms with E-state index in [1.165, 1.54) is 6.26 Å². The first-order chi connectivity index (χ1) is 7.66. The molecule has 0 saturated heterocycles. The molecule has 1 aliphatic rings. The van der Waals surface area contributed by atoms with E-state index in [1.54, 1.807) is 18.2 Å². The largest absolute Gasteiger partial charge is 0.501 e. The van der Waals surface area contributed by atoms with E-state index in [9.17, 15) is 4.79 Å². The van der Waals surface area contributed by atoms with Crippen molar-refractivity contribution in [1.82, 2.24) is 0 Å². The summed E-state index contributed by atoms with van der Waals surface area (Å²) in [5, 5.41) is 0.473. The highest BCUT2D eigenvalue weighted by molar-refractivity contribution is 6.31. The Labute approximate surface area is 98.8 Å². The number of ketones is 1. The van der Waals surface area contributed by atoms with Crippen LogP contribution in [0.2, 0.25) is 5.02 Å². The van der Waals surface area contributed by atoms with E-state index in [-0.39, 0.29) is 5.78 Å². The molecular weight excluding hydrogens is 226 g/mol. The topological polar surface area (TPSA) is 52.3 Å². The van der Waals surface area contributed by atoms with Crippen LogP contribution in [0, 0.1) is 0 Å². The summed E-state index contributed by atoms with van der Waals surface area (Å²) in [4.78, 5) is 12.0. The maximum atomic E-state index is 12.0. The average Bonchev–Trinajstić information content (AvgIpc) is 2.28. The zero-order valence-corrected chi connectivity index (χ0v) is 9.46. The van der Waals surface area contributed by atoms with E-state index in [1.807, 2.05) is 0 Å². The van der Waals surface area contributed by atoms with Crippen molar-refractivity contribution >= 4 is 23.1 Å². The van der Waals surface area contributed by atoms with Gasteiger partial charge in [0.15, 0.2) is 5.78 Å². The zero-order chi connectivity index (χ0) is 11.5. The molecule has 0 fully saturated rings. The van der Waals surface area contributed by atoms with Gasteiger partial charge in [0.2, 0.25) is 0 Å². The lowest BCUT2D eigenvalue weighted by molar-refractivity contribution is 0.101. The molecule has 0 unspecified atom stereocenters. The van der Waals surface area contributed by atoms with Crippen molar-refractivity contribution in [2.24, 2.45) is 0 Å². The van der Waals surface area contributed by atoms with Crippen LogP contribution >= 0.6 is 11.6 Å². The van der Waals surface area contributed by atoms with Crippen molar-refractivity contribution in [1.29, 1.82) is 0 Å². The van der Waals surface area contributed by atoms with Crippen molar-refractivity contribution in [3.05, 3.63) is 40.6 Å². The first kappa shape index (κ1) is 11.0. The molecule has 3 nitrogen and oxygen atoms in total. The summed E-state index contributed by atoms with van der Waals surface area (Å²) in [5.74, 6) is -0.0612. The van der Waals surface area contributed by atoms with Gasteiger partial charge in [0, 0.05) is 21.8 Å². The van der Waals surface area contributed by atoms with Gasteiger partial charge in [-0.3, -0.25) is 4.79 Å². The van der Waals surface area contributed by atoms with Gasteiger partial charge in [-0.25, -0.2) is 0 Å². The second-order valence-electron chi connectivity index (χ2n) is 3.72. The van der Waals surface area contributed by atoms with Crippen LogP contribution in [0.15, 0.2) is 30.0 Å². The fourth-order valence-electron chi connectivity index (χ4n) is 1.66. The third-order valence-corrected chi connectivity index (χ3v) is 2.63. The van der Waals surface area contributed by atoms with Crippen molar-refractivity contribution in [3.8, 4) is 0 Å². The van der Waals surface area contributed by atoms with E-state index >= 15 is 0 Å². The van der Waals surface area contributed by atoms with Crippen LogP contribution in [0.1, 0.15) is 23.2 Å². The molecule has 1 aliphatic heterocycles. The average molecular weight is 238 g/mol. The number of benzene rings is 1. The number of ether oxygens (including phenoxy) is 1. The highest BCUT2D eigenvalue weighted by Crippen LogP contribution is 2.22. The van der Waals surface area contributed by atoms with Crippen molar-refractivity contribution in [3.63, 3.8) is 0 Å². The van der Waals surface area contributed by atoms with Crippen LogP contribution < -0.4 is 5.73 Å². The van der Waals surface area contributed by atoms with Crippen molar-refractivity contribution in [2.75, 3.05) is 12.3 Å². The second kappa shape index (κ2) is 4.58. The normalized spacial score (nSPS) is 15.2. The van der Waals surface area contributed by atoms with Gasteiger partial charge in [-0.15, -0.1) is 0 Å². The number of nitrogens with two attached hydrogens (primary N) is 1. The number of allylic oxidation sites excluding steroid dienone is 1. The Bertz CT molecular complexity index is 434. The maximum Gasteiger partial charge on any atom is 0.192 e. The Hall–Kier alpha value is -1.48. The summed E-state index contributed by atoms with van der Waals surface area (Å²) in [7, 11) is 0. The monoisotopic (exact) mass is 237 g/mol. The Balaban J connectivity index is 2.29. The number of hydrogen-bond acceptors (Lipinski definition) is 3. The Morgan fingerprint density at radius 3 is 2.81 bits per heavy atom. The lowest BCUT2D eigenvalue weighted by Crippen LogP contribution is -2.09. The van der Waals surface area contributed by atoms with Crippen LogP contribution in [0.25, 0.3) is 0 Å². The van der Waals surface area contributed by atoms with Gasteiger partial charge >= 0.3 is 0 Å². The summed E-state index contributed by atoms with van der Waals surface area (Å²) >= 11 is 5.85. The molecule has 0 aliphatic carbocycles. The van der Waals surface area contributed by atoms with Gasteiger partial charge in [-0.1, -0.05) is 11.6 Å². The zero-order valence-electron chi connectivity index (χ0n) is 8.70. The van der Waals surface area contributed by atoms with Crippen LogP contribution in [0.5, 0.6) is 0 Å². The SMILES string of the molecule is Nc1cc(Cl)cc(C(=O)C2=COCCC2)c1. The Morgan fingerprint density at radius 1 is 1.38 bits per heavy atom. The van der Waals surface area contributed by atoms with Gasteiger partial charge in [0.25, 0.3) is 0 Å². The van der Waals surface area contributed by atoms with Crippen molar-refractivity contribution < 1.29 is 9.53 Å². The third-order valence-electron chi connectivity index (χ3n) is 2.41. The Kier molecular flexibility index (Phi) is 3.15. The fraction of sp³-hybridized carbons (Fsp3) is 0.250. The number of hydrogen-bond donors (Lipinski definition) is 1.